The minimum atomic E-state index is -0.522. The van der Waals surface area contributed by atoms with E-state index < -0.39 is 11.7 Å². The van der Waals surface area contributed by atoms with Gasteiger partial charge in [-0.05, 0) is 48.0 Å². The third-order valence-electron chi connectivity index (χ3n) is 5.34. The first kappa shape index (κ1) is 23.3. The summed E-state index contributed by atoms with van der Waals surface area (Å²) in [7, 11) is 1.51. The van der Waals surface area contributed by atoms with Crippen LogP contribution in [0, 0.1) is 5.82 Å². The summed E-state index contributed by atoms with van der Waals surface area (Å²) in [4.78, 5) is 29.4. The minimum Gasteiger partial charge on any atom is -0.467 e. The molecule has 0 atom stereocenters. The quantitative estimate of drug-likeness (QED) is 0.453. The van der Waals surface area contributed by atoms with E-state index in [4.69, 9.17) is 18.6 Å². The van der Waals surface area contributed by atoms with Gasteiger partial charge in [-0.1, -0.05) is 12.1 Å². The zero-order valence-corrected chi connectivity index (χ0v) is 18.7. The van der Waals surface area contributed by atoms with Gasteiger partial charge in [0.1, 0.15) is 18.1 Å². The number of rotatable bonds is 10. The molecule has 0 unspecified atom stereocenters. The maximum Gasteiger partial charge on any atom is 0.254 e. The SMILES string of the molecule is COCCN(CC(=O)N(Cc1ccc2c(c1)OCO2)Cc1ccco1)C(=O)c1cccc(F)c1. The van der Waals surface area contributed by atoms with Gasteiger partial charge >= 0.3 is 0 Å². The molecule has 2 heterocycles. The van der Waals surface area contributed by atoms with Crippen LogP contribution >= 0.6 is 0 Å². The first-order chi connectivity index (χ1) is 16.5. The van der Waals surface area contributed by atoms with Crippen LogP contribution in [0.1, 0.15) is 21.7 Å². The standard InChI is InChI=1S/C25H25FN2O6/c1-31-11-9-27(25(30)19-4-2-5-20(26)13-19)16-24(29)28(15-21-6-3-10-32-21)14-18-7-8-22-23(12-18)34-17-33-22/h2-8,10,12-13H,9,11,14-17H2,1H3. The molecule has 2 amide bonds. The number of fused-ring (bicyclic) bond motifs is 1. The van der Waals surface area contributed by atoms with Crippen LogP contribution in [0.15, 0.2) is 65.3 Å². The predicted molar refractivity (Wildman–Crippen MR) is 120 cm³/mol. The molecule has 0 radical (unpaired) electrons. The van der Waals surface area contributed by atoms with Crippen molar-refractivity contribution in [3.63, 3.8) is 0 Å². The molecule has 9 heteroatoms. The molecule has 8 nitrogen and oxygen atoms in total. The molecule has 1 aliphatic rings. The number of halogens is 1. The lowest BCUT2D eigenvalue weighted by Crippen LogP contribution is -2.43. The van der Waals surface area contributed by atoms with Crippen molar-refractivity contribution in [2.24, 2.45) is 0 Å². The van der Waals surface area contributed by atoms with Crippen LogP contribution in [0.25, 0.3) is 0 Å². The van der Waals surface area contributed by atoms with Gasteiger partial charge in [0.25, 0.3) is 5.91 Å². The molecule has 3 aromatic rings. The number of ether oxygens (including phenoxy) is 3. The molecule has 0 saturated carbocycles. The highest BCUT2D eigenvalue weighted by atomic mass is 19.1. The fraction of sp³-hybridized carbons (Fsp3) is 0.280. The van der Waals surface area contributed by atoms with E-state index in [9.17, 15) is 14.0 Å². The van der Waals surface area contributed by atoms with E-state index in [2.05, 4.69) is 0 Å². The zero-order valence-electron chi connectivity index (χ0n) is 18.7. The second-order valence-electron chi connectivity index (χ2n) is 7.75. The summed E-state index contributed by atoms with van der Waals surface area (Å²) in [5.41, 5.74) is 1.00. The van der Waals surface area contributed by atoms with Crippen LogP contribution in [-0.4, -0.2) is 55.2 Å². The van der Waals surface area contributed by atoms with E-state index in [1.54, 1.807) is 23.1 Å². The van der Waals surface area contributed by atoms with E-state index in [1.165, 1.54) is 36.5 Å². The summed E-state index contributed by atoms with van der Waals surface area (Å²) in [5.74, 6) is 0.603. The molecule has 0 N–H and O–H groups in total. The lowest BCUT2D eigenvalue weighted by molar-refractivity contribution is -0.133. The van der Waals surface area contributed by atoms with Crippen molar-refractivity contribution in [2.75, 3.05) is 33.6 Å². The Morgan fingerprint density at radius 2 is 1.85 bits per heavy atom. The molecular weight excluding hydrogens is 443 g/mol. The zero-order chi connectivity index (χ0) is 23.9. The van der Waals surface area contributed by atoms with Gasteiger partial charge in [-0.15, -0.1) is 0 Å². The molecule has 0 fully saturated rings. The van der Waals surface area contributed by atoms with Gasteiger partial charge in [-0.25, -0.2) is 4.39 Å². The number of hydrogen-bond acceptors (Lipinski definition) is 6. The van der Waals surface area contributed by atoms with Crippen molar-refractivity contribution >= 4 is 11.8 Å². The molecule has 0 bridgehead atoms. The minimum absolute atomic E-state index is 0.157. The topological polar surface area (TPSA) is 81.5 Å². The van der Waals surface area contributed by atoms with E-state index in [1.807, 2.05) is 12.1 Å². The van der Waals surface area contributed by atoms with Crippen LogP contribution in [0.2, 0.25) is 0 Å². The Labute approximate surface area is 196 Å². The predicted octanol–water partition coefficient (Wildman–Crippen LogP) is 3.47. The highest BCUT2D eigenvalue weighted by Crippen LogP contribution is 2.33. The number of amides is 2. The molecule has 4 rings (SSSR count). The van der Waals surface area contributed by atoms with Gasteiger partial charge in [-0.3, -0.25) is 9.59 Å². The molecular formula is C25H25FN2O6. The molecule has 0 aliphatic carbocycles. The molecule has 0 spiro atoms. The number of hydrogen-bond donors (Lipinski definition) is 0. The van der Waals surface area contributed by atoms with Crippen LogP contribution in [0.3, 0.4) is 0 Å². The van der Waals surface area contributed by atoms with Crippen LogP contribution in [-0.2, 0) is 22.6 Å². The van der Waals surface area contributed by atoms with Crippen molar-refractivity contribution in [3.05, 3.63) is 83.6 Å². The van der Waals surface area contributed by atoms with Crippen molar-refractivity contribution in [1.29, 1.82) is 0 Å². The van der Waals surface area contributed by atoms with E-state index >= 15 is 0 Å². The number of benzene rings is 2. The number of nitrogens with zero attached hydrogens (tertiary/aromatic N) is 2. The first-order valence-electron chi connectivity index (χ1n) is 10.8. The number of carbonyl (C=O) groups excluding carboxylic acids is 2. The lowest BCUT2D eigenvalue weighted by Gasteiger charge is -2.27. The maximum absolute atomic E-state index is 13.7. The Hall–Kier alpha value is -3.85. The summed E-state index contributed by atoms with van der Waals surface area (Å²) >= 11 is 0. The van der Waals surface area contributed by atoms with Crippen LogP contribution in [0.4, 0.5) is 4.39 Å². The van der Waals surface area contributed by atoms with Crippen molar-refractivity contribution in [1.82, 2.24) is 9.80 Å². The van der Waals surface area contributed by atoms with Gasteiger partial charge < -0.3 is 28.4 Å². The van der Waals surface area contributed by atoms with Gasteiger partial charge in [0, 0.05) is 25.8 Å². The molecule has 1 aliphatic heterocycles. The molecule has 178 valence electrons. The Kier molecular flexibility index (Phi) is 7.44. The smallest absolute Gasteiger partial charge is 0.254 e. The van der Waals surface area contributed by atoms with Crippen LogP contribution in [0.5, 0.6) is 11.5 Å². The Balaban J connectivity index is 1.53. The lowest BCUT2D eigenvalue weighted by atomic mass is 10.1. The summed E-state index contributed by atoms with van der Waals surface area (Å²) < 4.78 is 35.0. The highest BCUT2D eigenvalue weighted by Gasteiger charge is 2.24. The monoisotopic (exact) mass is 468 g/mol. The van der Waals surface area contributed by atoms with E-state index in [0.29, 0.717) is 17.3 Å². The number of furan rings is 1. The summed E-state index contributed by atoms with van der Waals surface area (Å²) in [6.07, 6.45) is 1.54. The van der Waals surface area contributed by atoms with Crippen LogP contribution < -0.4 is 9.47 Å². The normalized spacial score (nSPS) is 11.9. The van der Waals surface area contributed by atoms with Gasteiger partial charge in [-0.2, -0.15) is 0 Å². The highest BCUT2D eigenvalue weighted by molar-refractivity contribution is 5.96. The fourth-order valence-electron chi connectivity index (χ4n) is 3.60. The average molecular weight is 468 g/mol. The molecule has 1 aromatic heterocycles. The summed E-state index contributed by atoms with van der Waals surface area (Å²) in [6.45, 7) is 0.842. The first-order valence-corrected chi connectivity index (χ1v) is 10.8. The summed E-state index contributed by atoms with van der Waals surface area (Å²) in [6, 6.07) is 14.4. The van der Waals surface area contributed by atoms with Crippen molar-refractivity contribution in [3.8, 4) is 11.5 Å². The maximum atomic E-state index is 13.7. The van der Waals surface area contributed by atoms with Crippen molar-refractivity contribution in [2.45, 2.75) is 13.1 Å². The summed E-state index contributed by atoms with van der Waals surface area (Å²) in [5, 5.41) is 0. The van der Waals surface area contributed by atoms with Gasteiger partial charge in [0.05, 0.1) is 19.4 Å². The molecule has 0 saturated heterocycles. The largest absolute Gasteiger partial charge is 0.467 e. The van der Waals surface area contributed by atoms with Crippen molar-refractivity contribution < 1.29 is 32.6 Å². The third kappa shape index (κ3) is 5.74. The van der Waals surface area contributed by atoms with E-state index in [0.717, 1.165) is 11.6 Å². The van der Waals surface area contributed by atoms with E-state index in [-0.39, 0.29) is 51.0 Å². The third-order valence-corrected chi connectivity index (χ3v) is 5.34. The Morgan fingerprint density at radius 3 is 2.62 bits per heavy atom. The Morgan fingerprint density at radius 1 is 1.00 bits per heavy atom. The number of carbonyl (C=O) groups is 2. The second-order valence-corrected chi connectivity index (χ2v) is 7.75. The van der Waals surface area contributed by atoms with Gasteiger partial charge in [0.2, 0.25) is 12.7 Å². The Bertz CT molecular complexity index is 1130. The molecule has 34 heavy (non-hydrogen) atoms. The second kappa shape index (κ2) is 10.8. The van der Waals surface area contributed by atoms with Gasteiger partial charge in [0.15, 0.2) is 11.5 Å². The number of methoxy groups -OCH3 is 1. The molecule has 2 aromatic carbocycles. The average Bonchev–Trinajstić information content (AvgIpc) is 3.52. The fourth-order valence-corrected chi connectivity index (χ4v) is 3.60.